The average Bonchev–Trinajstić information content (AvgIpc) is 2.98. The number of aliphatic hydroxyl groups is 1. The van der Waals surface area contributed by atoms with E-state index in [1.807, 2.05) is 30.3 Å². The molecule has 0 aliphatic carbocycles. The first-order chi connectivity index (χ1) is 9.84. The highest BCUT2D eigenvalue weighted by molar-refractivity contribution is 5.13. The predicted molar refractivity (Wildman–Crippen MR) is 78.5 cm³/mol. The van der Waals surface area contributed by atoms with Crippen molar-refractivity contribution < 1.29 is 14.6 Å². The molecule has 1 aliphatic rings. The van der Waals surface area contributed by atoms with E-state index in [1.165, 1.54) is 6.42 Å². The molecule has 0 radical (unpaired) electrons. The molecule has 0 saturated carbocycles. The lowest BCUT2D eigenvalue weighted by molar-refractivity contribution is -0.0251. The molecule has 1 saturated heterocycles. The van der Waals surface area contributed by atoms with Crippen molar-refractivity contribution in [1.82, 2.24) is 5.32 Å². The lowest BCUT2D eigenvalue weighted by Gasteiger charge is -2.13. The zero-order valence-electron chi connectivity index (χ0n) is 12.0. The third kappa shape index (κ3) is 6.01. The van der Waals surface area contributed by atoms with Crippen molar-refractivity contribution in [2.45, 2.75) is 25.6 Å². The number of hydrogen-bond acceptors (Lipinski definition) is 4. The predicted octanol–water partition coefficient (Wildman–Crippen LogP) is 1.58. The maximum Gasteiger partial charge on any atom is 0.101 e. The summed E-state index contributed by atoms with van der Waals surface area (Å²) in [6.45, 7) is 4.16. The summed E-state index contributed by atoms with van der Waals surface area (Å²) in [5.41, 5.74) is 1.12. The van der Waals surface area contributed by atoms with Gasteiger partial charge in [-0.05, 0) is 37.4 Å². The summed E-state index contributed by atoms with van der Waals surface area (Å²) >= 11 is 0. The fourth-order valence-electron chi connectivity index (χ4n) is 2.37. The van der Waals surface area contributed by atoms with Crippen molar-refractivity contribution >= 4 is 0 Å². The molecule has 1 aliphatic heterocycles. The lowest BCUT2D eigenvalue weighted by atomic mass is 10.1. The minimum atomic E-state index is -0.541. The van der Waals surface area contributed by atoms with Crippen LogP contribution in [0.25, 0.3) is 0 Å². The van der Waals surface area contributed by atoms with E-state index in [4.69, 9.17) is 9.47 Å². The van der Waals surface area contributed by atoms with Gasteiger partial charge < -0.3 is 19.9 Å². The Balaban J connectivity index is 1.46. The minimum Gasteiger partial charge on any atom is -0.388 e. The van der Waals surface area contributed by atoms with Crippen LogP contribution in [0.3, 0.4) is 0 Å². The van der Waals surface area contributed by atoms with E-state index in [9.17, 15) is 5.11 Å². The lowest BCUT2D eigenvalue weighted by Crippen LogP contribution is -2.22. The van der Waals surface area contributed by atoms with Gasteiger partial charge in [-0.1, -0.05) is 30.3 Å². The van der Waals surface area contributed by atoms with Crippen molar-refractivity contribution in [2.24, 2.45) is 5.92 Å². The van der Waals surface area contributed by atoms with E-state index in [0.717, 1.165) is 37.6 Å². The molecule has 1 heterocycles. The van der Waals surface area contributed by atoms with Crippen molar-refractivity contribution in [3.8, 4) is 0 Å². The van der Waals surface area contributed by atoms with Gasteiger partial charge in [0.25, 0.3) is 0 Å². The van der Waals surface area contributed by atoms with E-state index < -0.39 is 6.10 Å². The van der Waals surface area contributed by atoms with Gasteiger partial charge >= 0.3 is 0 Å². The second-order valence-corrected chi connectivity index (χ2v) is 5.38. The highest BCUT2D eigenvalue weighted by atomic mass is 16.5. The van der Waals surface area contributed by atoms with Crippen LogP contribution in [0.1, 0.15) is 18.4 Å². The van der Waals surface area contributed by atoms with Gasteiger partial charge in [0.1, 0.15) is 6.10 Å². The molecule has 0 spiro atoms. The number of nitrogens with one attached hydrogen (secondary N) is 1. The number of rotatable bonds is 9. The molecule has 2 unspecified atom stereocenters. The Morgan fingerprint density at radius 2 is 2.00 bits per heavy atom. The summed E-state index contributed by atoms with van der Waals surface area (Å²) in [4.78, 5) is 0. The monoisotopic (exact) mass is 279 g/mol. The molecular formula is C16H25NO3. The SMILES string of the molecule is OC(COCCC1CCNC1)COCc1ccccc1. The van der Waals surface area contributed by atoms with Crippen molar-refractivity contribution in [3.63, 3.8) is 0 Å². The normalized spacial score (nSPS) is 20.1. The first kappa shape index (κ1) is 15.4. The minimum absolute atomic E-state index is 0.319. The van der Waals surface area contributed by atoms with Crippen LogP contribution < -0.4 is 5.32 Å². The van der Waals surface area contributed by atoms with Crippen LogP contribution in [-0.2, 0) is 16.1 Å². The fraction of sp³-hybridized carbons (Fsp3) is 0.625. The van der Waals surface area contributed by atoms with Crippen LogP contribution in [-0.4, -0.2) is 44.1 Å². The van der Waals surface area contributed by atoms with E-state index in [0.29, 0.717) is 19.8 Å². The van der Waals surface area contributed by atoms with Crippen LogP contribution in [0.4, 0.5) is 0 Å². The van der Waals surface area contributed by atoms with E-state index in [2.05, 4.69) is 5.32 Å². The molecule has 0 bridgehead atoms. The maximum absolute atomic E-state index is 9.76. The van der Waals surface area contributed by atoms with Crippen molar-refractivity contribution in [2.75, 3.05) is 32.9 Å². The second kappa shape index (κ2) is 9.08. The molecular weight excluding hydrogens is 254 g/mol. The summed E-state index contributed by atoms with van der Waals surface area (Å²) in [5.74, 6) is 0.737. The molecule has 2 N–H and O–H groups in total. The van der Waals surface area contributed by atoms with Gasteiger partial charge in [-0.25, -0.2) is 0 Å². The third-order valence-electron chi connectivity index (χ3n) is 3.56. The Bertz CT molecular complexity index is 352. The van der Waals surface area contributed by atoms with Crippen molar-refractivity contribution in [3.05, 3.63) is 35.9 Å². The number of benzene rings is 1. The molecule has 20 heavy (non-hydrogen) atoms. The molecule has 112 valence electrons. The average molecular weight is 279 g/mol. The van der Waals surface area contributed by atoms with Gasteiger partial charge in [0, 0.05) is 6.61 Å². The summed E-state index contributed by atoms with van der Waals surface area (Å²) in [7, 11) is 0. The first-order valence-corrected chi connectivity index (χ1v) is 7.43. The molecule has 1 aromatic rings. The van der Waals surface area contributed by atoms with Crippen LogP contribution >= 0.6 is 0 Å². The van der Waals surface area contributed by atoms with Gasteiger partial charge in [-0.2, -0.15) is 0 Å². The molecule has 1 aromatic carbocycles. The summed E-state index contributed by atoms with van der Waals surface area (Å²) in [6, 6.07) is 9.97. The standard InChI is InChI=1S/C16H25NO3/c18-16(12-19-9-7-14-6-8-17-10-14)13-20-11-15-4-2-1-3-5-15/h1-5,14,16-18H,6-13H2. The topological polar surface area (TPSA) is 50.7 Å². The molecule has 2 atom stereocenters. The third-order valence-corrected chi connectivity index (χ3v) is 3.56. The molecule has 4 nitrogen and oxygen atoms in total. The quantitative estimate of drug-likeness (QED) is 0.674. The first-order valence-electron chi connectivity index (χ1n) is 7.43. The highest BCUT2D eigenvalue weighted by Gasteiger charge is 2.14. The van der Waals surface area contributed by atoms with Gasteiger partial charge in [-0.3, -0.25) is 0 Å². The highest BCUT2D eigenvalue weighted by Crippen LogP contribution is 2.11. The smallest absolute Gasteiger partial charge is 0.101 e. The fourth-order valence-corrected chi connectivity index (χ4v) is 2.37. The molecule has 4 heteroatoms. The second-order valence-electron chi connectivity index (χ2n) is 5.38. The number of ether oxygens (including phenoxy) is 2. The molecule has 2 rings (SSSR count). The van der Waals surface area contributed by atoms with Gasteiger partial charge in [0.05, 0.1) is 19.8 Å². The largest absolute Gasteiger partial charge is 0.388 e. The Hall–Kier alpha value is -0.940. The van der Waals surface area contributed by atoms with Gasteiger partial charge in [0.15, 0.2) is 0 Å². The number of aliphatic hydroxyl groups excluding tert-OH is 1. The molecule has 0 aromatic heterocycles. The van der Waals surface area contributed by atoms with Crippen LogP contribution in [0.2, 0.25) is 0 Å². The Labute approximate surface area is 121 Å². The van der Waals surface area contributed by atoms with E-state index in [1.54, 1.807) is 0 Å². The Morgan fingerprint density at radius 1 is 1.20 bits per heavy atom. The Morgan fingerprint density at radius 3 is 2.75 bits per heavy atom. The number of hydrogen-bond donors (Lipinski definition) is 2. The van der Waals surface area contributed by atoms with E-state index >= 15 is 0 Å². The van der Waals surface area contributed by atoms with Crippen molar-refractivity contribution in [1.29, 1.82) is 0 Å². The zero-order chi connectivity index (χ0) is 14.0. The summed E-state index contributed by atoms with van der Waals surface area (Å²) < 4.78 is 11.0. The Kier molecular flexibility index (Phi) is 7.01. The summed E-state index contributed by atoms with van der Waals surface area (Å²) in [5, 5.41) is 13.1. The van der Waals surface area contributed by atoms with Crippen LogP contribution in [0.5, 0.6) is 0 Å². The van der Waals surface area contributed by atoms with Crippen LogP contribution in [0, 0.1) is 5.92 Å². The zero-order valence-corrected chi connectivity index (χ0v) is 12.0. The van der Waals surface area contributed by atoms with Crippen LogP contribution in [0.15, 0.2) is 30.3 Å². The van der Waals surface area contributed by atoms with Gasteiger partial charge in [0.2, 0.25) is 0 Å². The molecule has 1 fully saturated rings. The van der Waals surface area contributed by atoms with Gasteiger partial charge in [-0.15, -0.1) is 0 Å². The van der Waals surface area contributed by atoms with E-state index in [-0.39, 0.29) is 0 Å². The summed E-state index contributed by atoms with van der Waals surface area (Å²) in [6.07, 6.45) is 1.77. The molecule has 0 amide bonds. The maximum atomic E-state index is 9.76.